The van der Waals surface area contributed by atoms with Crippen molar-refractivity contribution >= 4 is 17.7 Å². The highest BCUT2D eigenvalue weighted by Gasteiger charge is 2.28. The number of fused-ring (bicyclic) bond motifs is 1. The molecule has 0 spiro atoms. The van der Waals surface area contributed by atoms with Gasteiger partial charge in [0.05, 0.1) is 24.9 Å². The van der Waals surface area contributed by atoms with Crippen LogP contribution in [0.5, 0.6) is 17.4 Å². The molecule has 0 radical (unpaired) electrons. The number of nitrogens with zero attached hydrogens (tertiary/aromatic N) is 4. The van der Waals surface area contributed by atoms with Crippen LogP contribution in [0.25, 0.3) is 0 Å². The Hall–Kier alpha value is -3.95. The van der Waals surface area contributed by atoms with Gasteiger partial charge in [-0.1, -0.05) is 6.07 Å². The Bertz CT molecular complexity index is 1270. The van der Waals surface area contributed by atoms with Gasteiger partial charge < -0.3 is 24.6 Å². The maximum Gasteiger partial charge on any atom is 0.322 e. The summed E-state index contributed by atoms with van der Waals surface area (Å²) in [5, 5.41) is 2.88. The first kappa shape index (κ1) is 23.8. The predicted molar refractivity (Wildman–Crippen MR) is 131 cm³/mol. The van der Waals surface area contributed by atoms with Gasteiger partial charge in [0.15, 0.2) is 11.6 Å². The average Bonchev–Trinajstić information content (AvgIpc) is 2.90. The lowest BCUT2D eigenvalue weighted by atomic mass is 10.1. The molecule has 5 rings (SSSR count). The van der Waals surface area contributed by atoms with Gasteiger partial charge in [0.25, 0.3) is 0 Å². The number of ether oxygens (including phenoxy) is 2. The molecule has 0 bridgehead atoms. The third-order valence-corrected chi connectivity index (χ3v) is 6.36. The van der Waals surface area contributed by atoms with Gasteiger partial charge in [0.2, 0.25) is 11.8 Å². The van der Waals surface area contributed by atoms with Crippen molar-refractivity contribution in [2.75, 3.05) is 37.0 Å². The number of anilines is 2. The molecule has 0 saturated carbocycles. The van der Waals surface area contributed by atoms with Crippen LogP contribution >= 0.6 is 0 Å². The van der Waals surface area contributed by atoms with E-state index in [0.29, 0.717) is 35.9 Å². The van der Waals surface area contributed by atoms with Crippen LogP contribution in [0.2, 0.25) is 0 Å². The molecule has 3 heterocycles. The van der Waals surface area contributed by atoms with Crippen LogP contribution < -0.4 is 19.7 Å². The molecule has 2 aliphatic rings. The lowest BCUT2D eigenvalue weighted by Gasteiger charge is -2.32. The van der Waals surface area contributed by atoms with E-state index in [-0.39, 0.29) is 24.2 Å². The van der Waals surface area contributed by atoms with Crippen LogP contribution in [0.1, 0.15) is 30.5 Å². The normalized spacial score (nSPS) is 15.3. The second-order valence-corrected chi connectivity index (χ2v) is 8.81. The number of benzene rings is 2. The van der Waals surface area contributed by atoms with Crippen molar-refractivity contribution in [1.29, 1.82) is 0 Å². The van der Waals surface area contributed by atoms with Crippen molar-refractivity contribution in [3.63, 3.8) is 0 Å². The van der Waals surface area contributed by atoms with Crippen LogP contribution in [-0.4, -0.2) is 47.6 Å². The fourth-order valence-electron chi connectivity index (χ4n) is 4.43. The van der Waals surface area contributed by atoms with Crippen molar-refractivity contribution in [3.05, 3.63) is 65.4 Å². The molecule has 2 aliphatic heterocycles. The van der Waals surface area contributed by atoms with Crippen LogP contribution in [0.3, 0.4) is 0 Å². The fraction of sp³-hybridized carbons (Fsp3) is 0.346. The van der Waals surface area contributed by atoms with Gasteiger partial charge in [-0.15, -0.1) is 0 Å². The zero-order valence-electron chi connectivity index (χ0n) is 20.0. The second-order valence-electron chi connectivity index (χ2n) is 8.81. The van der Waals surface area contributed by atoms with Crippen LogP contribution in [-0.2, 0) is 13.0 Å². The highest BCUT2D eigenvalue weighted by atomic mass is 19.1. The fourth-order valence-corrected chi connectivity index (χ4v) is 4.43. The predicted octanol–water partition coefficient (Wildman–Crippen LogP) is 5.14. The van der Waals surface area contributed by atoms with E-state index in [0.717, 1.165) is 50.2 Å². The molecular formula is C26H27F2N5O3. The molecule has 1 aromatic heterocycles. The molecule has 2 amide bonds. The summed E-state index contributed by atoms with van der Waals surface area (Å²) in [6.45, 7) is 2.30. The topological polar surface area (TPSA) is 79.8 Å². The number of amides is 2. The van der Waals surface area contributed by atoms with Crippen molar-refractivity contribution < 1.29 is 23.0 Å². The van der Waals surface area contributed by atoms with Crippen LogP contribution in [0.4, 0.5) is 25.2 Å². The Morgan fingerprint density at radius 3 is 2.64 bits per heavy atom. The molecule has 1 fully saturated rings. The zero-order valence-corrected chi connectivity index (χ0v) is 20.0. The minimum absolute atomic E-state index is 0.139. The summed E-state index contributed by atoms with van der Waals surface area (Å²) in [5.41, 5.74) is 1.96. The monoisotopic (exact) mass is 495 g/mol. The maximum atomic E-state index is 14.4. The first-order valence-corrected chi connectivity index (χ1v) is 12.0. The summed E-state index contributed by atoms with van der Waals surface area (Å²) in [5.74, 6) is -0.332. The molecule has 10 heteroatoms. The van der Waals surface area contributed by atoms with Gasteiger partial charge in [-0.2, -0.15) is 4.98 Å². The number of carbonyl (C=O) groups is 1. The van der Waals surface area contributed by atoms with Gasteiger partial charge in [-0.3, -0.25) is 0 Å². The third kappa shape index (κ3) is 5.17. The average molecular weight is 496 g/mol. The minimum Gasteiger partial charge on any atom is -0.497 e. The third-order valence-electron chi connectivity index (χ3n) is 6.36. The lowest BCUT2D eigenvalue weighted by Crippen LogP contribution is -2.40. The Balaban J connectivity index is 1.43. The number of hydrogen-bond acceptors (Lipinski definition) is 6. The van der Waals surface area contributed by atoms with Gasteiger partial charge in [-0.25, -0.2) is 18.6 Å². The summed E-state index contributed by atoms with van der Waals surface area (Å²) >= 11 is 0. The van der Waals surface area contributed by atoms with Gasteiger partial charge in [-0.05, 0) is 43.5 Å². The summed E-state index contributed by atoms with van der Waals surface area (Å²) in [7, 11) is 1.56. The first-order chi connectivity index (χ1) is 17.5. The lowest BCUT2D eigenvalue weighted by molar-refractivity contribution is 0.205. The molecule has 36 heavy (non-hydrogen) atoms. The SMILES string of the molecule is COc1cccc(NC(=O)N2CCc3nc(N4CCCCC4)nc(Oc4ccc(F)cc4F)c3C2)c1. The van der Waals surface area contributed by atoms with E-state index in [1.165, 1.54) is 6.07 Å². The molecule has 3 aromatic rings. The number of carbonyl (C=O) groups excluding carboxylic acids is 1. The molecule has 0 aliphatic carbocycles. The van der Waals surface area contributed by atoms with Crippen molar-refractivity contribution in [2.45, 2.75) is 32.2 Å². The molecule has 2 aromatic carbocycles. The number of piperidine rings is 1. The summed E-state index contributed by atoms with van der Waals surface area (Å²) in [4.78, 5) is 26.2. The van der Waals surface area contributed by atoms with Crippen LogP contribution in [0.15, 0.2) is 42.5 Å². The van der Waals surface area contributed by atoms with Gasteiger partial charge >= 0.3 is 6.03 Å². The van der Waals surface area contributed by atoms with E-state index in [1.54, 1.807) is 36.3 Å². The summed E-state index contributed by atoms with van der Waals surface area (Å²) in [6.07, 6.45) is 3.73. The van der Waals surface area contributed by atoms with Gasteiger partial charge in [0.1, 0.15) is 11.6 Å². The Kier molecular flexibility index (Phi) is 6.84. The Morgan fingerprint density at radius 1 is 1.03 bits per heavy atom. The van der Waals surface area contributed by atoms with Gasteiger partial charge in [0, 0.05) is 43.9 Å². The highest BCUT2D eigenvalue weighted by molar-refractivity contribution is 5.89. The molecule has 0 unspecified atom stereocenters. The number of hydrogen-bond donors (Lipinski definition) is 1. The standard InChI is InChI=1S/C26H27F2N5O3/c1-35-19-7-5-6-18(15-19)29-26(34)33-13-10-22-20(16-33)24(36-23-9-8-17(27)14-21(23)28)31-25(30-22)32-11-3-2-4-12-32/h5-9,14-15H,2-4,10-13,16H2,1H3,(H,29,34). The van der Waals surface area contributed by atoms with Crippen molar-refractivity contribution in [1.82, 2.24) is 14.9 Å². The molecule has 1 N–H and O–H groups in total. The Morgan fingerprint density at radius 2 is 1.86 bits per heavy atom. The number of methoxy groups -OCH3 is 1. The Labute approximate surface area is 207 Å². The molecule has 1 saturated heterocycles. The molecule has 188 valence electrons. The molecule has 8 nitrogen and oxygen atoms in total. The maximum absolute atomic E-state index is 14.4. The summed E-state index contributed by atoms with van der Waals surface area (Å²) < 4.78 is 39.0. The number of nitrogens with one attached hydrogen (secondary N) is 1. The van der Waals surface area contributed by atoms with E-state index < -0.39 is 11.6 Å². The number of rotatable bonds is 5. The molecular weight excluding hydrogens is 468 g/mol. The van der Waals surface area contributed by atoms with E-state index in [1.807, 2.05) is 0 Å². The van der Waals surface area contributed by atoms with E-state index >= 15 is 0 Å². The minimum atomic E-state index is -0.828. The second kappa shape index (κ2) is 10.3. The largest absolute Gasteiger partial charge is 0.497 e. The van der Waals surface area contributed by atoms with Crippen LogP contribution in [0, 0.1) is 11.6 Å². The smallest absolute Gasteiger partial charge is 0.322 e. The van der Waals surface area contributed by atoms with E-state index in [4.69, 9.17) is 14.5 Å². The quantitative estimate of drug-likeness (QED) is 0.528. The van der Waals surface area contributed by atoms with Crippen molar-refractivity contribution in [3.8, 4) is 17.4 Å². The zero-order chi connectivity index (χ0) is 25.1. The number of halogens is 2. The highest BCUT2D eigenvalue weighted by Crippen LogP contribution is 2.33. The van der Waals surface area contributed by atoms with E-state index in [2.05, 4.69) is 15.2 Å². The molecule has 0 atom stereocenters. The van der Waals surface area contributed by atoms with Crippen molar-refractivity contribution in [2.24, 2.45) is 0 Å². The number of aromatic nitrogens is 2. The number of urea groups is 1. The van der Waals surface area contributed by atoms with E-state index in [9.17, 15) is 13.6 Å². The first-order valence-electron chi connectivity index (χ1n) is 12.0. The summed E-state index contributed by atoms with van der Waals surface area (Å²) in [6, 6.07) is 9.92.